The second-order valence-corrected chi connectivity index (χ2v) is 6.85. The fourth-order valence-corrected chi connectivity index (χ4v) is 4.60. The van der Waals surface area contributed by atoms with Crippen LogP contribution >= 0.6 is 0 Å². The van der Waals surface area contributed by atoms with Gasteiger partial charge in [0.15, 0.2) is 0 Å². The number of nitrogens with one attached hydrogen (secondary N) is 1. The molecule has 0 radical (unpaired) electrons. The second-order valence-electron chi connectivity index (χ2n) is 6.85. The van der Waals surface area contributed by atoms with Crippen LogP contribution in [0.25, 0.3) is 0 Å². The highest BCUT2D eigenvalue weighted by Crippen LogP contribution is 2.52. The van der Waals surface area contributed by atoms with Crippen molar-refractivity contribution in [1.82, 2.24) is 5.32 Å². The van der Waals surface area contributed by atoms with Crippen LogP contribution in [0.15, 0.2) is 11.6 Å². The van der Waals surface area contributed by atoms with Crippen molar-refractivity contribution < 1.29 is 14.7 Å². The highest BCUT2D eigenvalue weighted by Gasteiger charge is 2.51. The Morgan fingerprint density at radius 3 is 2.62 bits per heavy atom. The summed E-state index contributed by atoms with van der Waals surface area (Å²) in [7, 11) is 0. The lowest BCUT2D eigenvalue weighted by molar-refractivity contribution is -0.314. The summed E-state index contributed by atoms with van der Waals surface area (Å²) >= 11 is 0. The Labute approximate surface area is 126 Å². The van der Waals surface area contributed by atoms with Crippen LogP contribution in [0, 0.1) is 23.7 Å². The summed E-state index contributed by atoms with van der Waals surface area (Å²) < 4.78 is 0. The maximum Gasteiger partial charge on any atom is 0.224 e. The zero-order valence-corrected chi connectivity index (χ0v) is 12.5. The van der Waals surface area contributed by atoms with Crippen molar-refractivity contribution in [3.63, 3.8) is 0 Å². The first-order valence-electron chi connectivity index (χ1n) is 8.33. The summed E-state index contributed by atoms with van der Waals surface area (Å²) in [6.07, 6.45) is 10.8. The van der Waals surface area contributed by atoms with Gasteiger partial charge in [-0.15, -0.1) is 0 Å². The molecule has 0 aromatic rings. The summed E-state index contributed by atoms with van der Waals surface area (Å²) in [5.74, 6) is -1.58. The topological polar surface area (TPSA) is 69.2 Å². The Kier molecular flexibility index (Phi) is 4.32. The fourth-order valence-electron chi connectivity index (χ4n) is 4.60. The summed E-state index contributed by atoms with van der Waals surface area (Å²) in [4.78, 5) is 23.7. The Balaban J connectivity index is 1.52. The molecule has 2 fully saturated rings. The SMILES string of the molecule is O=C([O-])C1C2CCC(C2)C1C(=O)NCCC1=CCCCC1. The molecule has 0 spiro atoms. The van der Waals surface area contributed by atoms with Gasteiger partial charge >= 0.3 is 0 Å². The normalized spacial score (nSPS) is 34.6. The average molecular weight is 290 g/mol. The molecule has 1 amide bonds. The van der Waals surface area contributed by atoms with Crippen molar-refractivity contribution in [3.8, 4) is 0 Å². The van der Waals surface area contributed by atoms with E-state index in [0.717, 1.165) is 38.5 Å². The molecule has 4 unspecified atom stereocenters. The maximum atomic E-state index is 12.4. The maximum absolute atomic E-state index is 12.4. The Bertz CT molecular complexity index is 457. The van der Waals surface area contributed by atoms with E-state index >= 15 is 0 Å². The minimum atomic E-state index is -1.03. The van der Waals surface area contributed by atoms with Gasteiger partial charge in [-0.05, 0) is 63.2 Å². The van der Waals surface area contributed by atoms with E-state index in [9.17, 15) is 14.7 Å². The van der Waals surface area contributed by atoms with Crippen molar-refractivity contribution in [2.75, 3.05) is 6.54 Å². The molecule has 0 saturated heterocycles. The molecule has 4 nitrogen and oxygen atoms in total. The first-order chi connectivity index (χ1) is 10.2. The van der Waals surface area contributed by atoms with Gasteiger partial charge in [-0.3, -0.25) is 4.79 Å². The predicted octanol–water partition coefficient (Wildman–Crippen LogP) is 1.41. The summed E-state index contributed by atoms with van der Waals surface area (Å²) in [6.45, 7) is 0.637. The van der Waals surface area contributed by atoms with Crippen LogP contribution in [0.4, 0.5) is 0 Å². The number of aliphatic carboxylic acids is 1. The summed E-state index contributed by atoms with van der Waals surface area (Å²) in [5, 5.41) is 14.3. The summed E-state index contributed by atoms with van der Waals surface area (Å²) in [5.41, 5.74) is 1.44. The third-order valence-corrected chi connectivity index (χ3v) is 5.62. The van der Waals surface area contributed by atoms with Gasteiger partial charge in [-0.25, -0.2) is 0 Å². The molecule has 4 atom stereocenters. The molecule has 3 aliphatic carbocycles. The van der Waals surface area contributed by atoms with Gasteiger partial charge in [0.05, 0.1) is 0 Å². The lowest BCUT2D eigenvalue weighted by Gasteiger charge is -2.30. The highest BCUT2D eigenvalue weighted by molar-refractivity contribution is 5.85. The first kappa shape index (κ1) is 14.6. The fraction of sp³-hybridized carbons (Fsp3) is 0.765. The third kappa shape index (κ3) is 2.99. The second kappa shape index (κ2) is 6.20. The number of rotatable bonds is 5. The standard InChI is InChI=1S/C17H25NO3/c19-16(18-9-8-11-4-2-1-3-5-11)14-12-6-7-13(10-12)15(14)17(20)21/h4,12-15H,1-3,5-10H2,(H,18,19)(H,20,21)/p-1. The van der Waals surface area contributed by atoms with E-state index in [2.05, 4.69) is 11.4 Å². The zero-order valence-electron chi connectivity index (χ0n) is 12.5. The number of allylic oxidation sites excluding steroid dienone is 1. The van der Waals surface area contributed by atoms with E-state index in [4.69, 9.17) is 0 Å². The van der Waals surface area contributed by atoms with Crippen LogP contribution in [0.2, 0.25) is 0 Å². The highest BCUT2D eigenvalue weighted by atomic mass is 16.4. The molecule has 3 rings (SSSR count). The van der Waals surface area contributed by atoms with Gasteiger partial charge in [-0.1, -0.05) is 11.6 Å². The van der Waals surface area contributed by atoms with E-state index in [1.54, 1.807) is 0 Å². The molecule has 116 valence electrons. The van der Waals surface area contributed by atoms with Gasteiger partial charge in [0, 0.05) is 24.3 Å². The van der Waals surface area contributed by atoms with Gasteiger partial charge in [0.25, 0.3) is 0 Å². The van der Waals surface area contributed by atoms with Crippen molar-refractivity contribution in [2.45, 2.75) is 51.4 Å². The van der Waals surface area contributed by atoms with Crippen molar-refractivity contribution >= 4 is 11.9 Å². The average Bonchev–Trinajstić information content (AvgIpc) is 3.08. The van der Waals surface area contributed by atoms with Crippen LogP contribution in [0.5, 0.6) is 0 Å². The predicted molar refractivity (Wildman–Crippen MR) is 77.0 cm³/mol. The molecule has 21 heavy (non-hydrogen) atoms. The number of fused-ring (bicyclic) bond motifs is 2. The van der Waals surface area contributed by atoms with E-state index < -0.39 is 11.9 Å². The van der Waals surface area contributed by atoms with Crippen molar-refractivity contribution in [2.24, 2.45) is 23.7 Å². The number of carboxylic acids is 1. The van der Waals surface area contributed by atoms with Gasteiger partial charge < -0.3 is 15.2 Å². The number of carbonyl (C=O) groups excluding carboxylic acids is 2. The smallest absolute Gasteiger partial charge is 0.224 e. The lowest BCUT2D eigenvalue weighted by atomic mass is 9.78. The van der Waals surface area contributed by atoms with E-state index in [1.165, 1.54) is 18.4 Å². The molecule has 4 heteroatoms. The molecule has 0 aliphatic heterocycles. The minimum absolute atomic E-state index is 0.0622. The van der Waals surface area contributed by atoms with Gasteiger partial charge in [0.1, 0.15) is 0 Å². The van der Waals surface area contributed by atoms with E-state index in [1.807, 2.05) is 0 Å². The lowest BCUT2D eigenvalue weighted by Crippen LogP contribution is -2.46. The molecular weight excluding hydrogens is 266 g/mol. The van der Waals surface area contributed by atoms with Crippen LogP contribution in [0.3, 0.4) is 0 Å². The first-order valence-corrected chi connectivity index (χ1v) is 8.33. The molecule has 0 heterocycles. The molecule has 1 N–H and O–H groups in total. The number of hydrogen-bond donors (Lipinski definition) is 1. The number of amides is 1. The van der Waals surface area contributed by atoms with Crippen LogP contribution in [-0.2, 0) is 9.59 Å². The third-order valence-electron chi connectivity index (χ3n) is 5.62. The number of hydrogen-bond acceptors (Lipinski definition) is 3. The zero-order chi connectivity index (χ0) is 14.8. The van der Waals surface area contributed by atoms with E-state index in [0.29, 0.717) is 6.54 Å². The van der Waals surface area contributed by atoms with Gasteiger partial charge in [0.2, 0.25) is 5.91 Å². The molecular formula is C17H24NO3-. The monoisotopic (exact) mass is 290 g/mol. The Morgan fingerprint density at radius 1 is 1.19 bits per heavy atom. The Morgan fingerprint density at radius 2 is 1.95 bits per heavy atom. The van der Waals surface area contributed by atoms with Crippen molar-refractivity contribution in [1.29, 1.82) is 0 Å². The molecule has 0 aromatic carbocycles. The largest absolute Gasteiger partial charge is 0.550 e. The summed E-state index contributed by atoms with van der Waals surface area (Å²) in [6, 6.07) is 0. The van der Waals surface area contributed by atoms with Crippen molar-refractivity contribution in [3.05, 3.63) is 11.6 Å². The van der Waals surface area contributed by atoms with Crippen LogP contribution in [0.1, 0.15) is 51.4 Å². The quantitative estimate of drug-likeness (QED) is 0.778. The number of carboxylic acid groups (broad SMARTS) is 1. The van der Waals surface area contributed by atoms with Crippen LogP contribution in [-0.4, -0.2) is 18.4 Å². The Hall–Kier alpha value is -1.32. The molecule has 0 aromatic heterocycles. The van der Waals surface area contributed by atoms with Crippen LogP contribution < -0.4 is 10.4 Å². The molecule has 2 bridgehead atoms. The number of carbonyl (C=O) groups is 2. The molecule has 2 saturated carbocycles. The molecule has 3 aliphatic rings. The minimum Gasteiger partial charge on any atom is -0.550 e. The van der Waals surface area contributed by atoms with Gasteiger partial charge in [-0.2, -0.15) is 0 Å². The van der Waals surface area contributed by atoms with E-state index in [-0.39, 0.29) is 23.7 Å².